The maximum Gasteiger partial charge on any atom is 0.0370 e. The van der Waals surface area contributed by atoms with Gasteiger partial charge in [-0.1, -0.05) is 19.9 Å². The molecule has 1 nitrogen and oxygen atoms in total. The van der Waals surface area contributed by atoms with Crippen LogP contribution in [0.1, 0.15) is 26.7 Å². The van der Waals surface area contributed by atoms with Gasteiger partial charge in [0.15, 0.2) is 0 Å². The van der Waals surface area contributed by atoms with Gasteiger partial charge in [-0.25, -0.2) is 0 Å². The molecule has 1 rings (SSSR count). The van der Waals surface area contributed by atoms with Crippen LogP contribution in [0.4, 0.5) is 0 Å². The van der Waals surface area contributed by atoms with E-state index >= 15 is 0 Å². The molecule has 1 aliphatic heterocycles. The molecule has 0 unspecified atom stereocenters. The van der Waals surface area contributed by atoms with E-state index in [9.17, 15) is 0 Å². The molecule has 62 valence electrons. The SMILES string of the molecule is CC(C)CC1=CCC(CS)=N1. The van der Waals surface area contributed by atoms with Crippen molar-refractivity contribution in [1.82, 2.24) is 0 Å². The van der Waals surface area contributed by atoms with Gasteiger partial charge in [0.05, 0.1) is 0 Å². The summed E-state index contributed by atoms with van der Waals surface area (Å²) in [6, 6.07) is 0. The van der Waals surface area contributed by atoms with Gasteiger partial charge in [0.1, 0.15) is 0 Å². The average molecular weight is 169 g/mol. The number of aliphatic imine (C=N–C) groups is 1. The first-order valence-electron chi connectivity index (χ1n) is 4.08. The highest BCUT2D eigenvalue weighted by Gasteiger charge is 2.07. The number of hydrogen-bond donors (Lipinski definition) is 1. The molecule has 0 atom stereocenters. The van der Waals surface area contributed by atoms with E-state index in [0.717, 1.165) is 18.6 Å². The Bertz CT molecular complexity index is 192. The van der Waals surface area contributed by atoms with Crippen LogP contribution in [-0.4, -0.2) is 11.5 Å². The van der Waals surface area contributed by atoms with Crippen molar-refractivity contribution in [1.29, 1.82) is 0 Å². The summed E-state index contributed by atoms with van der Waals surface area (Å²) in [5, 5.41) is 0. The molecule has 0 aromatic heterocycles. The first kappa shape index (κ1) is 8.85. The Labute approximate surface area is 74.0 Å². The van der Waals surface area contributed by atoms with Crippen molar-refractivity contribution in [2.45, 2.75) is 26.7 Å². The molecule has 11 heavy (non-hydrogen) atoms. The summed E-state index contributed by atoms with van der Waals surface area (Å²) in [4.78, 5) is 4.45. The van der Waals surface area contributed by atoms with Gasteiger partial charge in [0.25, 0.3) is 0 Å². The Morgan fingerprint density at radius 1 is 1.64 bits per heavy atom. The molecule has 0 saturated carbocycles. The predicted octanol–water partition coefficient (Wildman–Crippen LogP) is 2.69. The summed E-state index contributed by atoms with van der Waals surface area (Å²) in [5.41, 5.74) is 2.47. The minimum absolute atomic E-state index is 0.712. The maximum absolute atomic E-state index is 4.45. The summed E-state index contributed by atoms with van der Waals surface area (Å²) >= 11 is 4.18. The molecule has 0 aliphatic carbocycles. The van der Waals surface area contributed by atoms with Crippen LogP contribution in [0.2, 0.25) is 0 Å². The van der Waals surface area contributed by atoms with Gasteiger partial charge >= 0.3 is 0 Å². The zero-order valence-corrected chi connectivity index (χ0v) is 8.06. The van der Waals surface area contributed by atoms with E-state index in [1.165, 1.54) is 11.4 Å². The van der Waals surface area contributed by atoms with E-state index < -0.39 is 0 Å². The molecule has 0 fully saturated rings. The lowest BCUT2D eigenvalue weighted by molar-refractivity contribution is 0.639. The maximum atomic E-state index is 4.45. The van der Waals surface area contributed by atoms with E-state index in [0.29, 0.717) is 5.92 Å². The lowest BCUT2D eigenvalue weighted by Gasteiger charge is -2.01. The molecule has 1 heterocycles. The summed E-state index contributed by atoms with van der Waals surface area (Å²) in [6.07, 6.45) is 4.34. The lowest BCUT2D eigenvalue weighted by atomic mass is 10.1. The van der Waals surface area contributed by atoms with Gasteiger partial charge in [0.2, 0.25) is 0 Å². The Balaban J connectivity index is 2.44. The van der Waals surface area contributed by atoms with Crippen molar-refractivity contribution in [3.05, 3.63) is 11.8 Å². The van der Waals surface area contributed by atoms with Crippen molar-refractivity contribution in [3.8, 4) is 0 Å². The van der Waals surface area contributed by atoms with Gasteiger partial charge in [-0.05, 0) is 12.3 Å². The third-order valence-corrected chi connectivity index (χ3v) is 2.04. The van der Waals surface area contributed by atoms with Gasteiger partial charge < -0.3 is 0 Å². The molecule has 0 saturated heterocycles. The molecule has 0 amide bonds. The second-order valence-electron chi connectivity index (χ2n) is 3.33. The Hall–Kier alpha value is -0.240. The molecule has 1 aliphatic rings. The summed E-state index contributed by atoms with van der Waals surface area (Å²) in [5.74, 6) is 1.52. The minimum Gasteiger partial charge on any atom is -0.261 e. The fourth-order valence-corrected chi connectivity index (χ4v) is 1.38. The zero-order chi connectivity index (χ0) is 8.27. The third kappa shape index (κ3) is 2.70. The van der Waals surface area contributed by atoms with Gasteiger partial charge in [-0.3, -0.25) is 4.99 Å². The van der Waals surface area contributed by atoms with Crippen LogP contribution in [0.25, 0.3) is 0 Å². The molecule has 0 radical (unpaired) electrons. The van der Waals surface area contributed by atoms with Crippen LogP contribution in [-0.2, 0) is 0 Å². The van der Waals surface area contributed by atoms with Crippen molar-refractivity contribution in [2.75, 3.05) is 5.75 Å². The van der Waals surface area contributed by atoms with E-state index in [1.807, 2.05) is 0 Å². The minimum atomic E-state index is 0.712. The first-order chi connectivity index (χ1) is 5.22. The Morgan fingerprint density at radius 2 is 2.36 bits per heavy atom. The highest BCUT2D eigenvalue weighted by Crippen LogP contribution is 2.18. The van der Waals surface area contributed by atoms with E-state index in [-0.39, 0.29) is 0 Å². The second kappa shape index (κ2) is 3.96. The van der Waals surface area contributed by atoms with Crippen LogP contribution in [0.5, 0.6) is 0 Å². The molecule has 0 bridgehead atoms. The van der Waals surface area contributed by atoms with Crippen LogP contribution in [0.15, 0.2) is 16.8 Å². The highest BCUT2D eigenvalue weighted by atomic mass is 32.1. The van der Waals surface area contributed by atoms with Crippen molar-refractivity contribution < 1.29 is 0 Å². The highest BCUT2D eigenvalue weighted by molar-refractivity contribution is 7.81. The van der Waals surface area contributed by atoms with Gasteiger partial charge in [-0.2, -0.15) is 12.6 Å². The summed E-state index contributed by atoms with van der Waals surface area (Å²) < 4.78 is 0. The van der Waals surface area contributed by atoms with Crippen LogP contribution < -0.4 is 0 Å². The standard InChI is InChI=1S/C9H15NS/c1-7(2)5-8-3-4-9(6-11)10-8/h3,7,11H,4-6H2,1-2H3. The third-order valence-electron chi connectivity index (χ3n) is 1.67. The monoisotopic (exact) mass is 169 g/mol. The topological polar surface area (TPSA) is 12.4 Å². The van der Waals surface area contributed by atoms with E-state index in [2.05, 4.69) is 37.5 Å². The van der Waals surface area contributed by atoms with Crippen molar-refractivity contribution in [3.63, 3.8) is 0 Å². The quantitative estimate of drug-likeness (QED) is 0.624. The molecule has 0 N–H and O–H groups in total. The molecular formula is C9H15NS. The van der Waals surface area contributed by atoms with Crippen LogP contribution in [0.3, 0.4) is 0 Å². The Kier molecular flexibility index (Phi) is 3.18. The largest absolute Gasteiger partial charge is 0.261 e. The molecule has 0 aromatic carbocycles. The normalized spacial score (nSPS) is 17.1. The smallest absolute Gasteiger partial charge is 0.0370 e. The number of rotatable bonds is 3. The second-order valence-corrected chi connectivity index (χ2v) is 3.65. The first-order valence-corrected chi connectivity index (χ1v) is 4.72. The summed E-state index contributed by atoms with van der Waals surface area (Å²) in [6.45, 7) is 4.43. The average Bonchev–Trinajstić information content (AvgIpc) is 2.34. The van der Waals surface area contributed by atoms with E-state index in [4.69, 9.17) is 0 Å². The molecular weight excluding hydrogens is 154 g/mol. The summed E-state index contributed by atoms with van der Waals surface area (Å²) in [7, 11) is 0. The number of nitrogens with zero attached hydrogens (tertiary/aromatic N) is 1. The fourth-order valence-electron chi connectivity index (χ4n) is 1.18. The van der Waals surface area contributed by atoms with Gasteiger partial charge in [-0.15, -0.1) is 0 Å². The number of allylic oxidation sites excluding steroid dienone is 2. The lowest BCUT2D eigenvalue weighted by Crippen LogP contribution is -1.93. The van der Waals surface area contributed by atoms with Crippen molar-refractivity contribution >= 4 is 18.3 Å². The zero-order valence-electron chi connectivity index (χ0n) is 7.17. The van der Waals surface area contributed by atoms with Crippen molar-refractivity contribution in [2.24, 2.45) is 10.9 Å². The predicted molar refractivity (Wildman–Crippen MR) is 53.4 cm³/mol. The molecule has 0 aromatic rings. The van der Waals surface area contributed by atoms with E-state index in [1.54, 1.807) is 0 Å². The number of hydrogen-bond acceptors (Lipinski definition) is 2. The number of thiol groups is 1. The molecule has 2 heteroatoms. The molecule has 0 spiro atoms. The van der Waals surface area contributed by atoms with Gasteiger partial charge in [0, 0.05) is 23.6 Å². The fraction of sp³-hybridized carbons (Fsp3) is 0.667. The van der Waals surface area contributed by atoms with Crippen LogP contribution in [0, 0.1) is 5.92 Å². The Morgan fingerprint density at radius 3 is 2.82 bits per heavy atom. The van der Waals surface area contributed by atoms with Crippen LogP contribution >= 0.6 is 12.6 Å².